The maximum absolute atomic E-state index is 11.5. The highest BCUT2D eigenvalue weighted by molar-refractivity contribution is 8.00. The van der Waals surface area contributed by atoms with Gasteiger partial charge in [0, 0.05) is 16.6 Å². The van der Waals surface area contributed by atoms with Gasteiger partial charge in [-0.05, 0) is 38.5 Å². The van der Waals surface area contributed by atoms with E-state index in [0.29, 0.717) is 5.75 Å². The van der Waals surface area contributed by atoms with Gasteiger partial charge in [0.15, 0.2) is 0 Å². The van der Waals surface area contributed by atoms with Crippen LogP contribution in [0.5, 0.6) is 0 Å². The molecule has 0 spiro atoms. The molecule has 4 heteroatoms. The van der Waals surface area contributed by atoms with E-state index >= 15 is 0 Å². The van der Waals surface area contributed by atoms with E-state index in [4.69, 9.17) is 5.73 Å². The van der Waals surface area contributed by atoms with Crippen molar-refractivity contribution in [3.63, 3.8) is 0 Å². The lowest BCUT2D eigenvalue weighted by atomic mass is 10.2. The Kier molecular flexibility index (Phi) is 4.68. The van der Waals surface area contributed by atoms with Crippen LogP contribution in [-0.4, -0.2) is 17.7 Å². The van der Waals surface area contributed by atoms with Gasteiger partial charge in [-0.15, -0.1) is 11.8 Å². The molecule has 1 aromatic rings. The summed E-state index contributed by atoms with van der Waals surface area (Å²) >= 11 is 1.52. The largest absolute Gasteiger partial charge is 0.399 e. The molecule has 3 nitrogen and oxygen atoms in total. The Balaban J connectivity index is 2.54. The zero-order valence-corrected chi connectivity index (χ0v) is 10.7. The standard InChI is InChI=1S/C12H18N2OS/c1-8(2)14-12(15)7-16-11-6-10(13)5-4-9(11)3/h4-6,8H,7,13H2,1-3H3,(H,14,15). The first-order valence-electron chi connectivity index (χ1n) is 5.27. The number of aryl methyl sites for hydroxylation is 1. The van der Waals surface area contributed by atoms with Gasteiger partial charge in [-0.3, -0.25) is 4.79 Å². The molecule has 1 amide bonds. The van der Waals surface area contributed by atoms with Crippen LogP contribution in [0.25, 0.3) is 0 Å². The van der Waals surface area contributed by atoms with Crippen molar-refractivity contribution in [2.45, 2.75) is 31.7 Å². The van der Waals surface area contributed by atoms with Gasteiger partial charge in [-0.1, -0.05) is 6.07 Å². The van der Waals surface area contributed by atoms with Gasteiger partial charge in [0.1, 0.15) is 0 Å². The quantitative estimate of drug-likeness (QED) is 0.624. The predicted molar refractivity (Wildman–Crippen MR) is 69.6 cm³/mol. The second-order valence-electron chi connectivity index (χ2n) is 4.04. The van der Waals surface area contributed by atoms with E-state index in [0.717, 1.165) is 16.1 Å². The lowest BCUT2D eigenvalue weighted by Crippen LogP contribution is -2.31. The van der Waals surface area contributed by atoms with Crippen LogP contribution < -0.4 is 11.1 Å². The maximum Gasteiger partial charge on any atom is 0.230 e. The number of amides is 1. The van der Waals surface area contributed by atoms with E-state index in [-0.39, 0.29) is 11.9 Å². The normalized spacial score (nSPS) is 10.5. The highest BCUT2D eigenvalue weighted by Gasteiger charge is 2.06. The van der Waals surface area contributed by atoms with Crippen molar-refractivity contribution in [1.82, 2.24) is 5.32 Å². The van der Waals surface area contributed by atoms with Crippen molar-refractivity contribution in [2.75, 3.05) is 11.5 Å². The lowest BCUT2D eigenvalue weighted by molar-refractivity contribution is -0.119. The number of nitrogens with two attached hydrogens (primary N) is 1. The minimum absolute atomic E-state index is 0.0572. The van der Waals surface area contributed by atoms with Gasteiger partial charge < -0.3 is 11.1 Å². The fraction of sp³-hybridized carbons (Fsp3) is 0.417. The van der Waals surface area contributed by atoms with Gasteiger partial charge in [0.2, 0.25) is 5.91 Å². The second-order valence-corrected chi connectivity index (χ2v) is 5.05. The molecule has 88 valence electrons. The molecule has 0 fully saturated rings. The Hall–Kier alpha value is -1.16. The molecule has 0 radical (unpaired) electrons. The molecule has 0 bridgehead atoms. The smallest absolute Gasteiger partial charge is 0.230 e. The van der Waals surface area contributed by atoms with Gasteiger partial charge in [-0.2, -0.15) is 0 Å². The van der Waals surface area contributed by atoms with E-state index in [9.17, 15) is 4.79 Å². The van der Waals surface area contributed by atoms with Crippen LogP contribution in [0.1, 0.15) is 19.4 Å². The number of hydrogen-bond donors (Lipinski definition) is 2. The molecule has 0 saturated carbocycles. The van der Waals surface area contributed by atoms with Crippen molar-refractivity contribution in [1.29, 1.82) is 0 Å². The Bertz CT molecular complexity index is 377. The molecule has 1 aromatic carbocycles. The van der Waals surface area contributed by atoms with E-state index in [1.54, 1.807) is 0 Å². The first-order chi connectivity index (χ1) is 7.49. The fourth-order valence-corrected chi connectivity index (χ4v) is 2.16. The molecule has 3 N–H and O–H groups in total. The molecule has 0 saturated heterocycles. The highest BCUT2D eigenvalue weighted by Crippen LogP contribution is 2.24. The number of hydrogen-bond acceptors (Lipinski definition) is 3. The molecule has 0 aliphatic rings. The number of nitrogens with one attached hydrogen (secondary N) is 1. The third-order valence-electron chi connectivity index (χ3n) is 2.02. The summed E-state index contributed by atoms with van der Waals surface area (Å²) in [6.45, 7) is 5.92. The Labute approximate surface area is 101 Å². The van der Waals surface area contributed by atoms with Gasteiger partial charge >= 0.3 is 0 Å². The minimum Gasteiger partial charge on any atom is -0.399 e. The minimum atomic E-state index is 0.0572. The molecule has 0 aliphatic heterocycles. The molecule has 0 heterocycles. The topological polar surface area (TPSA) is 55.1 Å². The first-order valence-corrected chi connectivity index (χ1v) is 6.26. The van der Waals surface area contributed by atoms with Crippen LogP contribution in [0.3, 0.4) is 0 Å². The summed E-state index contributed by atoms with van der Waals surface area (Å²) < 4.78 is 0. The van der Waals surface area contributed by atoms with Crippen LogP contribution in [0, 0.1) is 6.92 Å². The summed E-state index contributed by atoms with van der Waals surface area (Å²) in [5.41, 5.74) is 7.58. The average Bonchev–Trinajstić information content (AvgIpc) is 2.18. The lowest BCUT2D eigenvalue weighted by Gasteiger charge is -2.09. The summed E-state index contributed by atoms with van der Waals surface area (Å²) in [7, 11) is 0. The molecular formula is C12H18N2OS. The average molecular weight is 238 g/mol. The zero-order chi connectivity index (χ0) is 12.1. The number of rotatable bonds is 4. The van der Waals surface area contributed by atoms with Crippen LogP contribution in [-0.2, 0) is 4.79 Å². The predicted octanol–water partition coefficient (Wildman–Crippen LogP) is 2.19. The van der Waals surface area contributed by atoms with Crippen LogP contribution in [0.4, 0.5) is 5.69 Å². The molecule has 1 rings (SSSR count). The summed E-state index contributed by atoms with van der Waals surface area (Å²) in [6.07, 6.45) is 0. The number of benzene rings is 1. The van der Waals surface area contributed by atoms with Gasteiger partial charge in [-0.25, -0.2) is 0 Å². The molecule has 16 heavy (non-hydrogen) atoms. The summed E-state index contributed by atoms with van der Waals surface area (Å²) in [5, 5.41) is 2.86. The number of nitrogen functional groups attached to an aromatic ring is 1. The maximum atomic E-state index is 11.5. The Morgan fingerprint density at radius 3 is 2.81 bits per heavy atom. The van der Waals surface area contributed by atoms with Crippen molar-refractivity contribution >= 4 is 23.4 Å². The van der Waals surface area contributed by atoms with E-state index < -0.39 is 0 Å². The summed E-state index contributed by atoms with van der Waals surface area (Å²) in [5.74, 6) is 0.490. The summed E-state index contributed by atoms with van der Waals surface area (Å²) in [4.78, 5) is 12.5. The number of carbonyl (C=O) groups excluding carboxylic acids is 1. The van der Waals surface area contributed by atoms with Crippen molar-refractivity contribution in [2.24, 2.45) is 0 Å². The number of thioether (sulfide) groups is 1. The molecule has 0 atom stereocenters. The summed E-state index contributed by atoms with van der Waals surface area (Å²) in [6, 6.07) is 5.93. The zero-order valence-electron chi connectivity index (χ0n) is 9.91. The van der Waals surface area contributed by atoms with Crippen LogP contribution >= 0.6 is 11.8 Å². The molecule has 0 aliphatic carbocycles. The Morgan fingerprint density at radius 1 is 1.50 bits per heavy atom. The fourth-order valence-electron chi connectivity index (χ4n) is 1.28. The van der Waals surface area contributed by atoms with Crippen molar-refractivity contribution in [3.05, 3.63) is 23.8 Å². The number of anilines is 1. The monoisotopic (exact) mass is 238 g/mol. The highest BCUT2D eigenvalue weighted by atomic mass is 32.2. The van der Waals surface area contributed by atoms with E-state index in [1.165, 1.54) is 11.8 Å². The third kappa shape index (κ3) is 4.14. The SMILES string of the molecule is Cc1ccc(N)cc1SCC(=O)NC(C)C. The first kappa shape index (κ1) is 12.9. The Morgan fingerprint density at radius 2 is 2.19 bits per heavy atom. The van der Waals surface area contributed by atoms with Gasteiger partial charge in [0.05, 0.1) is 5.75 Å². The van der Waals surface area contributed by atoms with E-state index in [1.807, 2.05) is 39.0 Å². The van der Waals surface area contributed by atoms with Crippen LogP contribution in [0.15, 0.2) is 23.1 Å². The number of carbonyl (C=O) groups is 1. The molecule has 0 aromatic heterocycles. The van der Waals surface area contributed by atoms with E-state index in [2.05, 4.69) is 5.32 Å². The second kappa shape index (κ2) is 5.80. The van der Waals surface area contributed by atoms with Gasteiger partial charge in [0.25, 0.3) is 0 Å². The van der Waals surface area contributed by atoms with Crippen molar-refractivity contribution < 1.29 is 4.79 Å². The molecular weight excluding hydrogens is 220 g/mol. The molecule has 0 unspecified atom stereocenters. The third-order valence-corrected chi connectivity index (χ3v) is 3.18. The van der Waals surface area contributed by atoms with Crippen LogP contribution in [0.2, 0.25) is 0 Å². The van der Waals surface area contributed by atoms with Crippen molar-refractivity contribution in [3.8, 4) is 0 Å².